The van der Waals surface area contributed by atoms with Crippen molar-refractivity contribution in [3.8, 4) is 5.69 Å². The average molecular weight is 232 g/mol. The van der Waals surface area contributed by atoms with Gasteiger partial charge in [-0.25, -0.2) is 0 Å². The van der Waals surface area contributed by atoms with E-state index in [0.29, 0.717) is 6.54 Å². The number of methoxy groups -OCH3 is 1. The Balaban J connectivity index is 2.54. The number of hydrogen-bond acceptors (Lipinski definition) is 4. The minimum Gasteiger partial charge on any atom is -0.374 e. The van der Waals surface area contributed by atoms with Crippen LogP contribution in [0.2, 0.25) is 0 Å². The number of aromatic nitrogens is 3. The van der Waals surface area contributed by atoms with Gasteiger partial charge in [0.2, 0.25) is 0 Å². The highest BCUT2D eigenvalue weighted by Gasteiger charge is 2.17. The van der Waals surface area contributed by atoms with Crippen molar-refractivity contribution in [3.63, 3.8) is 0 Å². The highest BCUT2D eigenvalue weighted by Crippen LogP contribution is 2.19. The molecule has 0 aliphatic heterocycles. The van der Waals surface area contributed by atoms with Crippen LogP contribution in [0.15, 0.2) is 30.3 Å². The molecule has 2 aromatic rings. The highest BCUT2D eigenvalue weighted by molar-refractivity contribution is 5.34. The molecule has 90 valence electrons. The lowest BCUT2D eigenvalue weighted by Gasteiger charge is -2.13. The Kier molecular flexibility index (Phi) is 3.51. The summed E-state index contributed by atoms with van der Waals surface area (Å²) < 4.78 is 7.23. The standard InChI is InChI=1S/C12H16N4O/c1-9(17-2)12-15-14-11(8-13)16(12)10-6-4-3-5-7-10/h3-7,9H,8,13H2,1-2H3. The second kappa shape index (κ2) is 5.07. The Morgan fingerprint density at radius 1 is 1.29 bits per heavy atom. The molecular formula is C12H16N4O. The third-order valence-electron chi connectivity index (χ3n) is 2.67. The monoisotopic (exact) mass is 232 g/mol. The molecule has 0 aliphatic carbocycles. The fourth-order valence-corrected chi connectivity index (χ4v) is 1.69. The normalized spacial score (nSPS) is 12.6. The number of para-hydroxylation sites is 1. The van der Waals surface area contributed by atoms with E-state index in [4.69, 9.17) is 10.5 Å². The third-order valence-corrected chi connectivity index (χ3v) is 2.67. The molecule has 1 unspecified atom stereocenters. The van der Waals surface area contributed by atoms with Gasteiger partial charge in [0.05, 0.1) is 6.54 Å². The maximum atomic E-state index is 5.68. The summed E-state index contributed by atoms with van der Waals surface area (Å²) in [5.74, 6) is 1.49. The van der Waals surface area contributed by atoms with Crippen LogP contribution in [0.4, 0.5) is 0 Å². The van der Waals surface area contributed by atoms with Crippen LogP contribution in [0, 0.1) is 0 Å². The minimum absolute atomic E-state index is 0.122. The first-order valence-corrected chi connectivity index (χ1v) is 5.50. The smallest absolute Gasteiger partial charge is 0.166 e. The van der Waals surface area contributed by atoms with E-state index in [1.165, 1.54) is 0 Å². The highest BCUT2D eigenvalue weighted by atomic mass is 16.5. The first-order valence-electron chi connectivity index (χ1n) is 5.50. The molecule has 0 aliphatic rings. The number of nitrogens with zero attached hydrogens (tertiary/aromatic N) is 3. The molecule has 0 spiro atoms. The molecule has 1 heterocycles. The predicted octanol–water partition coefficient (Wildman–Crippen LogP) is 1.43. The van der Waals surface area contributed by atoms with Gasteiger partial charge in [0.15, 0.2) is 11.6 Å². The topological polar surface area (TPSA) is 66.0 Å². The number of hydrogen-bond donors (Lipinski definition) is 1. The van der Waals surface area contributed by atoms with Gasteiger partial charge in [0, 0.05) is 12.8 Å². The van der Waals surface area contributed by atoms with Crippen LogP contribution >= 0.6 is 0 Å². The van der Waals surface area contributed by atoms with Crippen molar-refractivity contribution in [2.24, 2.45) is 5.73 Å². The van der Waals surface area contributed by atoms with Crippen molar-refractivity contribution in [3.05, 3.63) is 42.0 Å². The first-order chi connectivity index (χ1) is 8.27. The van der Waals surface area contributed by atoms with E-state index in [0.717, 1.165) is 17.3 Å². The molecule has 0 amide bonds. The zero-order chi connectivity index (χ0) is 12.3. The van der Waals surface area contributed by atoms with E-state index in [1.807, 2.05) is 41.8 Å². The van der Waals surface area contributed by atoms with Crippen LogP contribution < -0.4 is 5.73 Å². The van der Waals surface area contributed by atoms with Gasteiger partial charge < -0.3 is 10.5 Å². The van der Waals surface area contributed by atoms with Crippen molar-refractivity contribution in [1.29, 1.82) is 0 Å². The van der Waals surface area contributed by atoms with Gasteiger partial charge in [0.25, 0.3) is 0 Å². The van der Waals surface area contributed by atoms with Gasteiger partial charge in [-0.1, -0.05) is 18.2 Å². The fourth-order valence-electron chi connectivity index (χ4n) is 1.69. The van der Waals surface area contributed by atoms with Gasteiger partial charge in [-0.3, -0.25) is 4.57 Å². The number of ether oxygens (including phenoxy) is 1. The van der Waals surface area contributed by atoms with Crippen LogP contribution in [0.25, 0.3) is 5.69 Å². The van der Waals surface area contributed by atoms with Crippen molar-refractivity contribution >= 4 is 0 Å². The summed E-state index contributed by atoms with van der Waals surface area (Å²) in [7, 11) is 1.65. The minimum atomic E-state index is -0.122. The van der Waals surface area contributed by atoms with Crippen molar-refractivity contribution in [2.45, 2.75) is 19.6 Å². The molecule has 1 aromatic carbocycles. The molecule has 0 saturated carbocycles. The van der Waals surface area contributed by atoms with Gasteiger partial charge in [-0.2, -0.15) is 0 Å². The van der Waals surface area contributed by atoms with E-state index < -0.39 is 0 Å². The van der Waals surface area contributed by atoms with E-state index >= 15 is 0 Å². The molecule has 0 radical (unpaired) electrons. The molecule has 0 fully saturated rings. The Labute approximate surface area is 100 Å². The van der Waals surface area contributed by atoms with E-state index in [9.17, 15) is 0 Å². The lowest BCUT2D eigenvalue weighted by Crippen LogP contribution is -2.11. The first kappa shape index (κ1) is 11.8. The largest absolute Gasteiger partial charge is 0.374 e. The van der Waals surface area contributed by atoms with Crippen molar-refractivity contribution < 1.29 is 4.74 Å². The number of rotatable bonds is 4. The molecule has 5 nitrogen and oxygen atoms in total. The molecule has 1 atom stereocenters. The summed E-state index contributed by atoms with van der Waals surface area (Å²) >= 11 is 0. The number of benzene rings is 1. The zero-order valence-corrected chi connectivity index (χ0v) is 10.00. The van der Waals surface area contributed by atoms with Crippen LogP contribution in [-0.2, 0) is 11.3 Å². The number of nitrogens with two attached hydrogens (primary N) is 1. The summed E-state index contributed by atoms with van der Waals surface area (Å²) in [5.41, 5.74) is 6.68. The van der Waals surface area contributed by atoms with Crippen molar-refractivity contribution in [2.75, 3.05) is 7.11 Å². The van der Waals surface area contributed by atoms with Gasteiger partial charge >= 0.3 is 0 Å². The van der Waals surface area contributed by atoms with E-state index in [2.05, 4.69) is 10.2 Å². The van der Waals surface area contributed by atoms with Crippen molar-refractivity contribution in [1.82, 2.24) is 14.8 Å². The molecule has 5 heteroatoms. The summed E-state index contributed by atoms with van der Waals surface area (Å²) in [6.45, 7) is 2.28. The SMILES string of the molecule is COC(C)c1nnc(CN)n1-c1ccccc1. The lowest BCUT2D eigenvalue weighted by atomic mass is 10.3. The van der Waals surface area contributed by atoms with E-state index in [1.54, 1.807) is 7.11 Å². The van der Waals surface area contributed by atoms with Gasteiger partial charge in [0.1, 0.15) is 6.10 Å². The Bertz CT molecular complexity index is 481. The van der Waals surface area contributed by atoms with E-state index in [-0.39, 0.29) is 6.10 Å². The fraction of sp³-hybridized carbons (Fsp3) is 0.333. The summed E-state index contributed by atoms with van der Waals surface area (Å²) in [4.78, 5) is 0. The zero-order valence-electron chi connectivity index (χ0n) is 10.00. The summed E-state index contributed by atoms with van der Waals surface area (Å²) in [6, 6.07) is 9.89. The third kappa shape index (κ3) is 2.20. The molecular weight excluding hydrogens is 216 g/mol. The second-order valence-electron chi connectivity index (χ2n) is 3.73. The lowest BCUT2D eigenvalue weighted by molar-refractivity contribution is 0.110. The maximum Gasteiger partial charge on any atom is 0.166 e. The Hall–Kier alpha value is -1.72. The Morgan fingerprint density at radius 3 is 2.59 bits per heavy atom. The molecule has 1 aromatic heterocycles. The van der Waals surface area contributed by atoms with Crippen LogP contribution in [0.1, 0.15) is 24.7 Å². The Morgan fingerprint density at radius 2 is 2.00 bits per heavy atom. The summed E-state index contributed by atoms with van der Waals surface area (Å²) in [6.07, 6.45) is -0.122. The maximum absolute atomic E-state index is 5.68. The van der Waals surface area contributed by atoms with Crippen LogP contribution in [0.3, 0.4) is 0 Å². The molecule has 0 saturated heterocycles. The molecule has 0 bridgehead atoms. The second-order valence-corrected chi connectivity index (χ2v) is 3.73. The molecule has 2 rings (SSSR count). The molecule has 2 N–H and O–H groups in total. The molecule has 17 heavy (non-hydrogen) atoms. The van der Waals surface area contributed by atoms with Gasteiger partial charge in [-0.05, 0) is 19.1 Å². The van der Waals surface area contributed by atoms with Gasteiger partial charge in [-0.15, -0.1) is 10.2 Å². The van der Waals surface area contributed by atoms with Crippen LogP contribution in [0.5, 0.6) is 0 Å². The summed E-state index contributed by atoms with van der Waals surface area (Å²) in [5, 5.41) is 8.23. The average Bonchev–Trinajstić information content (AvgIpc) is 2.82. The van der Waals surface area contributed by atoms with Crippen LogP contribution in [-0.4, -0.2) is 21.9 Å². The quantitative estimate of drug-likeness (QED) is 0.866. The predicted molar refractivity (Wildman–Crippen MR) is 64.7 cm³/mol.